The van der Waals surface area contributed by atoms with Crippen molar-refractivity contribution < 1.29 is 33.8 Å². The number of nitrogens with one attached hydrogen (secondary N) is 1. The van der Waals surface area contributed by atoms with Gasteiger partial charge in [-0.05, 0) is 56.6 Å². The summed E-state index contributed by atoms with van der Waals surface area (Å²) in [6, 6.07) is 0. The summed E-state index contributed by atoms with van der Waals surface area (Å²) < 4.78 is 11.1. The van der Waals surface area contributed by atoms with Crippen molar-refractivity contribution in [1.82, 2.24) is 5.32 Å². The van der Waals surface area contributed by atoms with Crippen LogP contribution in [0.15, 0.2) is 35.6 Å². The molecule has 0 unspecified atom stereocenters. The molecule has 2 N–H and O–H groups in total. The number of Topliss-reactive ketones (excluding diaryl/α,β-unsaturated/α-hetero) is 1. The standard InChI is InChI=1S/C27H39NO7/c1-17-14-18(2)27(35-25(32)13-8-6-5-7-12-22(34-4)26(17)33)19(3)21(29)11-9-10-20-15-23(30)28-24(31)16-20/h8,12-14,17,19-20,26-27,33H,5-7,9-11,15-16H2,1-4H3,(H,28,30,31)/b13-8-,18-14-,22-12+/t17-,19-,26-,27+/m0/s1. The molecule has 4 atom stereocenters. The lowest BCUT2D eigenvalue weighted by Crippen LogP contribution is -2.38. The van der Waals surface area contributed by atoms with Crippen molar-refractivity contribution in [2.24, 2.45) is 17.8 Å². The van der Waals surface area contributed by atoms with Gasteiger partial charge in [0.15, 0.2) is 0 Å². The van der Waals surface area contributed by atoms with Gasteiger partial charge in [-0.2, -0.15) is 0 Å². The Bertz CT molecular complexity index is 857. The summed E-state index contributed by atoms with van der Waals surface area (Å²) in [5, 5.41) is 13.0. The lowest BCUT2D eigenvalue weighted by atomic mass is 9.87. The van der Waals surface area contributed by atoms with E-state index in [1.807, 2.05) is 19.1 Å². The molecule has 35 heavy (non-hydrogen) atoms. The average Bonchev–Trinajstić information content (AvgIpc) is 2.79. The molecule has 0 radical (unpaired) electrons. The van der Waals surface area contributed by atoms with Gasteiger partial charge in [0.05, 0.1) is 13.0 Å². The maximum absolute atomic E-state index is 13.0. The monoisotopic (exact) mass is 489 g/mol. The van der Waals surface area contributed by atoms with E-state index in [2.05, 4.69) is 5.32 Å². The number of amides is 2. The Labute approximate surface area is 207 Å². The van der Waals surface area contributed by atoms with Crippen LogP contribution in [0.25, 0.3) is 0 Å². The van der Waals surface area contributed by atoms with Gasteiger partial charge < -0.3 is 14.6 Å². The molecule has 0 aliphatic carbocycles. The van der Waals surface area contributed by atoms with Crippen LogP contribution in [0.1, 0.15) is 72.1 Å². The average molecular weight is 490 g/mol. The number of piperidine rings is 1. The molecule has 0 aromatic carbocycles. The minimum Gasteiger partial charge on any atom is -0.499 e. The number of carbonyl (C=O) groups is 4. The van der Waals surface area contributed by atoms with Crippen LogP contribution in [0.5, 0.6) is 0 Å². The Morgan fingerprint density at radius 3 is 2.57 bits per heavy atom. The number of esters is 1. The molecular weight excluding hydrogens is 450 g/mol. The van der Waals surface area contributed by atoms with Crippen molar-refractivity contribution in [3.63, 3.8) is 0 Å². The number of hydrogen-bond donors (Lipinski definition) is 2. The molecule has 0 aromatic rings. The quantitative estimate of drug-likeness (QED) is 0.319. The van der Waals surface area contributed by atoms with E-state index < -0.39 is 24.1 Å². The second-order valence-electron chi connectivity index (χ2n) is 9.61. The van der Waals surface area contributed by atoms with Crippen molar-refractivity contribution >= 4 is 23.6 Å². The summed E-state index contributed by atoms with van der Waals surface area (Å²) in [6.07, 6.45) is 9.39. The number of hydrogen-bond acceptors (Lipinski definition) is 7. The van der Waals surface area contributed by atoms with Gasteiger partial charge in [-0.15, -0.1) is 0 Å². The Morgan fingerprint density at radius 1 is 1.23 bits per heavy atom. The van der Waals surface area contributed by atoms with Gasteiger partial charge >= 0.3 is 5.97 Å². The summed E-state index contributed by atoms with van der Waals surface area (Å²) in [6.45, 7) is 5.38. The maximum Gasteiger partial charge on any atom is 0.331 e. The fourth-order valence-corrected chi connectivity index (χ4v) is 4.62. The van der Waals surface area contributed by atoms with E-state index in [9.17, 15) is 24.3 Å². The second kappa shape index (κ2) is 14.0. The predicted octanol–water partition coefficient (Wildman–Crippen LogP) is 3.54. The maximum atomic E-state index is 13.0. The summed E-state index contributed by atoms with van der Waals surface area (Å²) in [7, 11) is 1.53. The highest BCUT2D eigenvalue weighted by Gasteiger charge is 2.30. The molecule has 2 aliphatic rings. The topological polar surface area (TPSA) is 119 Å². The third kappa shape index (κ3) is 9.09. The van der Waals surface area contributed by atoms with E-state index in [-0.39, 0.29) is 35.9 Å². The molecule has 1 saturated heterocycles. The minimum absolute atomic E-state index is 0.0521. The molecule has 2 heterocycles. The number of cyclic esters (lactones) is 1. The number of methoxy groups -OCH3 is 1. The number of allylic oxidation sites excluding steroid dienone is 2. The van der Waals surface area contributed by atoms with Crippen LogP contribution in [0.2, 0.25) is 0 Å². The number of rotatable bonds is 7. The van der Waals surface area contributed by atoms with E-state index in [1.165, 1.54) is 13.2 Å². The zero-order valence-electron chi connectivity index (χ0n) is 21.2. The molecule has 0 spiro atoms. The van der Waals surface area contributed by atoms with E-state index >= 15 is 0 Å². The molecular formula is C27H39NO7. The zero-order valence-corrected chi connectivity index (χ0v) is 21.2. The lowest BCUT2D eigenvalue weighted by molar-refractivity contribution is -0.145. The molecule has 2 amide bonds. The smallest absolute Gasteiger partial charge is 0.331 e. The summed E-state index contributed by atoms with van der Waals surface area (Å²) in [5.41, 5.74) is 0.682. The Hall–Kier alpha value is -2.74. The van der Waals surface area contributed by atoms with Crippen molar-refractivity contribution in [1.29, 1.82) is 0 Å². The number of imide groups is 1. The fourth-order valence-electron chi connectivity index (χ4n) is 4.62. The van der Waals surface area contributed by atoms with Gasteiger partial charge in [-0.25, -0.2) is 4.79 Å². The summed E-state index contributed by atoms with van der Waals surface area (Å²) in [4.78, 5) is 48.6. The highest BCUT2D eigenvalue weighted by atomic mass is 16.5. The third-order valence-corrected chi connectivity index (χ3v) is 6.64. The molecule has 0 saturated carbocycles. The first-order valence-electron chi connectivity index (χ1n) is 12.4. The van der Waals surface area contributed by atoms with Crippen LogP contribution in [-0.4, -0.2) is 48.0 Å². The van der Waals surface area contributed by atoms with Gasteiger partial charge in [-0.1, -0.05) is 26.0 Å². The molecule has 8 nitrogen and oxygen atoms in total. The summed E-state index contributed by atoms with van der Waals surface area (Å²) >= 11 is 0. The number of aliphatic hydroxyl groups is 1. The molecule has 8 heteroatoms. The first-order valence-corrected chi connectivity index (χ1v) is 12.4. The highest BCUT2D eigenvalue weighted by Crippen LogP contribution is 2.26. The molecule has 2 aliphatic heterocycles. The van der Waals surface area contributed by atoms with Crippen LogP contribution >= 0.6 is 0 Å². The van der Waals surface area contributed by atoms with Crippen LogP contribution in [-0.2, 0) is 28.7 Å². The van der Waals surface area contributed by atoms with E-state index in [4.69, 9.17) is 9.47 Å². The predicted molar refractivity (Wildman–Crippen MR) is 131 cm³/mol. The Balaban J connectivity index is 2.12. The van der Waals surface area contributed by atoms with E-state index in [0.29, 0.717) is 49.9 Å². The minimum atomic E-state index is -0.855. The Morgan fingerprint density at radius 2 is 1.91 bits per heavy atom. The molecule has 0 bridgehead atoms. The fraction of sp³-hybridized carbons (Fsp3) is 0.630. The normalized spacial score (nSPS) is 30.0. The van der Waals surface area contributed by atoms with Gasteiger partial charge in [0.1, 0.15) is 23.8 Å². The zero-order chi connectivity index (χ0) is 26.0. The SMILES string of the molecule is CO/C1=C/CCC/C=C\C(=O)O[C@@H]([C@@H](C)C(=O)CCCC2CC(=O)NC(=O)C2)/C(C)=C\[C@H](C)[C@@H]1O. The lowest BCUT2D eigenvalue weighted by Gasteiger charge is -2.26. The first-order chi connectivity index (χ1) is 16.6. The van der Waals surface area contributed by atoms with Gasteiger partial charge in [0.2, 0.25) is 11.8 Å². The highest BCUT2D eigenvalue weighted by molar-refractivity contribution is 5.97. The number of ether oxygens (including phenoxy) is 2. The third-order valence-electron chi connectivity index (χ3n) is 6.64. The number of ketones is 1. The van der Waals surface area contributed by atoms with Crippen molar-refractivity contribution in [3.05, 3.63) is 35.6 Å². The van der Waals surface area contributed by atoms with E-state index in [1.54, 1.807) is 19.9 Å². The van der Waals surface area contributed by atoms with Crippen molar-refractivity contribution in [2.45, 2.75) is 84.3 Å². The largest absolute Gasteiger partial charge is 0.499 e. The van der Waals surface area contributed by atoms with Gasteiger partial charge in [0, 0.05) is 31.3 Å². The van der Waals surface area contributed by atoms with Crippen molar-refractivity contribution in [2.75, 3.05) is 7.11 Å². The van der Waals surface area contributed by atoms with Crippen LogP contribution in [0.3, 0.4) is 0 Å². The number of carbonyl (C=O) groups excluding carboxylic acids is 4. The molecule has 1 fully saturated rings. The summed E-state index contributed by atoms with van der Waals surface area (Å²) in [5.74, 6) is -1.57. The van der Waals surface area contributed by atoms with Gasteiger partial charge in [-0.3, -0.25) is 19.7 Å². The van der Waals surface area contributed by atoms with Crippen LogP contribution in [0.4, 0.5) is 0 Å². The van der Waals surface area contributed by atoms with Gasteiger partial charge in [0.25, 0.3) is 0 Å². The van der Waals surface area contributed by atoms with E-state index in [0.717, 1.165) is 6.42 Å². The Kier molecular flexibility index (Phi) is 11.4. The number of aliphatic hydroxyl groups excluding tert-OH is 1. The van der Waals surface area contributed by atoms with Crippen LogP contribution < -0.4 is 5.32 Å². The molecule has 0 aromatic heterocycles. The molecule has 194 valence electrons. The van der Waals surface area contributed by atoms with Crippen LogP contribution in [0, 0.1) is 17.8 Å². The van der Waals surface area contributed by atoms with Crippen molar-refractivity contribution in [3.8, 4) is 0 Å². The first kappa shape index (κ1) is 28.5. The second-order valence-corrected chi connectivity index (χ2v) is 9.61. The molecule has 2 rings (SSSR count).